The number of amides is 2. The van der Waals surface area contributed by atoms with Crippen LogP contribution in [0, 0.1) is 0 Å². The molecule has 2 amide bonds. The summed E-state index contributed by atoms with van der Waals surface area (Å²) in [6, 6.07) is 8.65. The molecule has 0 aliphatic carbocycles. The predicted octanol–water partition coefficient (Wildman–Crippen LogP) is 3.09. The molecule has 2 saturated heterocycles. The van der Waals surface area contributed by atoms with Gasteiger partial charge in [-0.25, -0.2) is 0 Å². The number of benzene rings is 1. The molecule has 1 unspecified atom stereocenters. The zero-order valence-corrected chi connectivity index (χ0v) is 18.8. The average molecular weight is 425 g/mol. The molecule has 0 bridgehead atoms. The summed E-state index contributed by atoms with van der Waals surface area (Å²) in [7, 11) is 2.04. The fourth-order valence-electron chi connectivity index (χ4n) is 5.19. The summed E-state index contributed by atoms with van der Waals surface area (Å²) in [6.45, 7) is 4.31. The van der Waals surface area contributed by atoms with E-state index in [1.54, 1.807) is 0 Å². The van der Waals surface area contributed by atoms with Crippen LogP contribution in [0.25, 0.3) is 10.9 Å². The van der Waals surface area contributed by atoms with Gasteiger partial charge in [0.15, 0.2) is 0 Å². The van der Waals surface area contributed by atoms with Crippen molar-refractivity contribution in [3.63, 3.8) is 0 Å². The second kappa shape index (κ2) is 10.3. The molecule has 2 aliphatic rings. The summed E-state index contributed by atoms with van der Waals surface area (Å²) in [5.74, 6) is 0.394. The van der Waals surface area contributed by atoms with E-state index in [1.165, 1.54) is 23.7 Å². The van der Waals surface area contributed by atoms with Gasteiger partial charge in [-0.05, 0) is 50.3 Å². The van der Waals surface area contributed by atoms with Crippen LogP contribution >= 0.6 is 0 Å². The van der Waals surface area contributed by atoms with Crippen molar-refractivity contribution in [1.29, 1.82) is 0 Å². The molecule has 2 aromatic rings. The monoisotopic (exact) mass is 424 g/mol. The first-order valence-electron chi connectivity index (χ1n) is 11.9. The first kappa shape index (κ1) is 21.9. The van der Waals surface area contributed by atoms with Gasteiger partial charge >= 0.3 is 0 Å². The lowest BCUT2D eigenvalue weighted by molar-refractivity contribution is -0.130. The number of aryl methyl sites for hydroxylation is 1. The van der Waals surface area contributed by atoms with Crippen LogP contribution in [0.4, 0.5) is 0 Å². The van der Waals surface area contributed by atoms with Gasteiger partial charge in [0.25, 0.3) is 0 Å². The smallest absolute Gasteiger partial charge is 0.227 e. The number of aromatic nitrogens is 1. The van der Waals surface area contributed by atoms with Crippen LogP contribution in [-0.2, 0) is 23.1 Å². The molecular formula is C25H36N4O2. The Hall–Kier alpha value is -2.34. The predicted molar refractivity (Wildman–Crippen MR) is 124 cm³/mol. The Morgan fingerprint density at radius 3 is 2.71 bits per heavy atom. The number of nitrogens with one attached hydrogen (secondary N) is 1. The second-order valence-electron chi connectivity index (χ2n) is 9.14. The van der Waals surface area contributed by atoms with Gasteiger partial charge in [-0.3, -0.25) is 14.5 Å². The van der Waals surface area contributed by atoms with E-state index in [1.807, 2.05) is 19.2 Å². The maximum atomic E-state index is 13.3. The summed E-state index contributed by atoms with van der Waals surface area (Å²) in [6.07, 6.45) is 9.50. The van der Waals surface area contributed by atoms with Gasteiger partial charge in [-0.1, -0.05) is 24.6 Å². The lowest BCUT2D eigenvalue weighted by Gasteiger charge is -2.35. The molecule has 2 fully saturated rings. The molecule has 0 spiro atoms. The average Bonchev–Trinajstić information content (AvgIpc) is 3.09. The largest absolute Gasteiger partial charge is 0.356 e. The van der Waals surface area contributed by atoms with E-state index >= 15 is 0 Å². The molecule has 0 radical (unpaired) electrons. The van der Waals surface area contributed by atoms with Crippen LogP contribution in [0.2, 0.25) is 0 Å². The fraction of sp³-hybridized carbons (Fsp3) is 0.600. The van der Waals surface area contributed by atoms with E-state index in [2.05, 4.69) is 38.0 Å². The van der Waals surface area contributed by atoms with Crippen LogP contribution in [0.15, 0.2) is 30.5 Å². The first-order valence-corrected chi connectivity index (χ1v) is 11.9. The van der Waals surface area contributed by atoms with Crippen LogP contribution in [0.3, 0.4) is 0 Å². The molecule has 3 heterocycles. The maximum Gasteiger partial charge on any atom is 0.227 e. The quantitative estimate of drug-likeness (QED) is 0.806. The van der Waals surface area contributed by atoms with Crippen molar-refractivity contribution in [3.05, 3.63) is 36.0 Å². The van der Waals surface area contributed by atoms with Crippen molar-refractivity contribution < 1.29 is 9.59 Å². The van der Waals surface area contributed by atoms with Gasteiger partial charge in [-0.15, -0.1) is 0 Å². The highest BCUT2D eigenvalue weighted by Crippen LogP contribution is 2.22. The minimum Gasteiger partial charge on any atom is -0.356 e. The molecule has 1 N–H and O–H groups in total. The Kier molecular flexibility index (Phi) is 7.28. The van der Waals surface area contributed by atoms with Crippen molar-refractivity contribution in [2.24, 2.45) is 7.05 Å². The van der Waals surface area contributed by atoms with Gasteiger partial charge in [0.2, 0.25) is 11.8 Å². The highest BCUT2D eigenvalue weighted by atomic mass is 16.2. The van der Waals surface area contributed by atoms with E-state index in [4.69, 9.17) is 0 Å². The number of fused-ring (bicyclic) bond motifs is 2. The first-order chi connectivity index (χ1) is 15.1. The van der Waals surface area contributed by atoms with Gasteiger partial charge < -0.3 is 14.8 Å². The SMILES string of the molecule is Cn1cc(CC(=O)N2CCCCNC(=O)CC3CCCCN3CCC2)c2ccccc21. The van der Waals surface area contributed by atoms with Gasteiger partial charge in [-0.2, -0.15) is 0 Å². The zero-order chi connectivity index (χ0) is 21.6. The third kappa shape index (κ3) is 5.48. The highest BCUT2D eigenvalue weighted by Gasteiger charge is 2.25. The Morgan fingerprint density at radius 2 is 1.81 bits per heavy atom. The summed E-state index contributed by atoms with van der Waals surface area (Å²) in [5.41, 5.74) is 2.27. The van der Waals surface area contributed by atoms with E-state index < -0.39 is 0 Å². The number of hydrogen-bond acceptors (Lipinski definition) is 3. The van der Waals surface area contributed by atoms with E-state index in [9.17, 15) is 9.59 Å². The van der Waals surface area contributed by atoms with Crippen LogP contribution in [0.5, 0.6) is 0 Å². The third-order valence-electron chi connectivity index (χ3n) is 6.89. The number of carbonyl (C=O) groups excluding carboxylic acids is 2. The van der Waals surface area contributed by atoms with Gasteiger partial charge in [0.1, 0.15) is 0 Å². The molecule has 6 nitrogen and oxygen atoms in total. The number of hydrogen-bond donors (Lipinski definition) is 1. The number of carbonyl (C=O) groups is 2. The Balaban J connectivity index is 1.43. The molecule has 31 heavy (non-hydrogen) atoms. The molecular weight excluding hydrogens is 388 g/mol. The lowest BCUT2D eigenvalue weighted by atomic mass is 9.98. The van der Waals surface area contributed by atoms with Crippen molar-refractivity contribution in [3.8, 4) is 0 Å². The molecule has 2 aliphatic heterocycles. The van der Waals surface area contributed by atoms with Crippen LogP contribution in [-0.4, -0.2) is 64.9 Å². The highest BCUT2D eigenvalue weighted by molar-refractivity contribution is 5.89. The molecule has 1 aromatic heterocycles. The van der Waals surface area contributed by atoms with Gasteiger partial charge in [0, 0.05) is 62.8 Å². The fourth-order valence-corrected chi connectivity index (χ4v) is 5.19. The summed E-state index contributed by atoms with van der Waals surface area (Å²) >= 11 is 0. The van der Waals surface area contributed by atoms with Crippen molar-refractivity contribution in [1.82, 2.24) is 19.7 Å². The maximum absolute atomic E-state index is 13.3. The molecule has 168 valence electrons. The van der Waals surface area contributed by atoms with Crippen LogP contribution in [0.1, 0.15) is 50.5 Å². The van der Waals surface area contributed by atoms with Gasteiger partial charge in [0.05, 0.1) is 6.42 Å². The van der Waals surface area contributed by atoms with E-state index in [0.717, 1.165) is 57.4 Å². The van der Waals surface area contributed by atoms with Crippen molar-refractivity contribution >= 4 is 22.7 Å². The van der Waals surface area contributed by atoms with E-state index in [-0.39, 0.29) is 11.8 Å². The van der Waals surface area contributed by atoms with E-state index in [0.29, 0.717) is 25.4 Å². The molecule has 4 rings (SSSR count). The topological polar surface area (TPSA) is 57.6 Å². The third-order valence-corrected chi connectivity index (χ3v) is 6.89. The molecule has 0 saturated carbocycles. The van der Waals surface area contributed by atoms with Crippen molar-refractivity contribution in [2.75, 3.05) is 32.7 Å². The standard InChI is InChI=1S/C25H36N4O2/c1-27-19-20(22-10-2-3-11-23(22)27)17-25(31)29-14-7-5-12-26-24(30)18-21-9-4-6-13-28(21)15-8-16-29/h2-3,10-11,19,21H,4-9,12-18H2,1H3,(H,26,30). The van der Waals surface area contributed by atoms with Crippen molar-refractivity contribution in [2.45, 2.75) is 57.4 Å². The summed E-state index contributed by atoms with van der Waals surface area (Å²) < 4.78 is 2.11. The molecule has 1 aromatic carbocycles. The zero-order valence-electron chi connectivity index (χ0n) is 18.8. The van der Waals surface area contributed by atoms with Crippen LogP contribution < -0.4 is 5.32 Å². The minimum atomic E-state index is 0.181. The number of para-hydroxylation sites is 1. The number of nitrogens with zero attached hydrogens (tertiary/aromatic N) is 3. The Morgan fingerprint density at radius 1 is 1.03 bits per heavy atom. The molecule has 6 heteroatoms. The number of piperidine rings is 1. The summed E-state index contributed by atoms with van der Waals surface area (Å²) in [5, 5.41) is 4.26. The normalized spacial score (nSPS) is 22.2. The number of rotatable bonds is 2. The lowest BCUT2D eigenvalue weighted by Crippen LogP contribution is -2.44. The summed E-state index contributed by atoms with van der Waals surface area (Å²) in [4.78, 5) is 30.1. The second-order valence-corrected chi connectivity index (χ2v) is 9.14. The molecule has 1 atom stereocenters. The minimum absolute atomic E-state index is 0.181. The Bertz CT molecular complexity index is 906. The Labute approximate surface area is 185 Å².